The number of fused-ring (bicyclic) bond motifs is 2. The zero-order valence-electron chi connectivity index (χ0n) is 17.4. The molecule has 31 heavy (non-hydrogen) atoms. The van der Waals surface area contributed by atoms with Crippen LogP contribution in [0.4, 0.5) is 0 Å². The number of nitrogens with one attached hydrogen (secondary N) is 1. The number of ether oxygens (including phenoxy) is 1. The van der Waals surface area contributed by atoms with Crippen molar-refractivity contribution < 1.29 is 14.9 Å². The van der Waals surface area contributed by atoms with Crippen molar-refractivity contribution in [2.75, 3.05) is 19.7 Å². The fourth-order valence-electron chi connectivity index (χ4n) is 4.39. The van der Waals surface area contributed by atoms with Crippen molar-refractivity contribution in [3.8, 4) is 5.75 Å². The van der Waals surface area contributed by atoms with E-state index in [9.17, 15) is 10.2 Å². The highest BCUT2D eigenvalue weighted by molar-refractivity contribution is 5.80. The number of pyridine rings is 1. The topological polar surface area (TPSA) is 81.6 Å². The largest absolute Gasteiger partial charge is 0.493 e. The Morgan fingerprint density at radius 1 is 1.06 bits per heavy atom. The van der Waals surface area contributed by atoms with Gasteiger partial charge in [0.15, 0.2) is 0 Å². The molecule has 0 bridgehead atoms. The number of rotatable bonds is 6. The smallest absolute Gasteiger partial charge is 0.120 e. The first-order valence-corrected chi connectivity index (χ1v) is 10.8. The van der Waals surface area contributed by atoms with Gasteiger partial charge in [0.1, 0.15) is 12.0 Å². The second-order valence-corrected chi connectivity index (χ2v) is 8.33. The van der Waals surface area contributed by atoms with Gasteiger partial charge in [-0.2, -0.15) is 0 Å². The van der Waals surface area contributed by atoms with Gasteiger partial charge in [-0.15, -0.1) is 0 Å². The monoisotopic (exact) mass is 417 g/mol. The lowest BCUT2D eigenvalue weighted by Crippen LogP contribution is -2.47. The van der Waals surface area contributed by atoms with Crippen LogP contribution in [0, 0.1) is 0 Å². The molecule has 160 valence electrons. The molecule has 1 fully saturated rings. The SMILES string of the molecule is O[C@@H](CCOc1ccc2[nH]ccc2c1)N1CCC(O)(c2cnc3ccccc3c2)CC1. The zero-order valence-corrected chi connectivity index (χ0v) is 17.4. The van der Waals surface area contributed by atoms with E-state index in [1.165, 1.54) is 0 Å². The number of para-hydroxylation sites is 1. The minimum atomic E-state index is -0.907. The van der Waals surface area contributed by atoms with E-state index in [1.54, 1.807) is 6.20 Å². The Balaban J connectivity index is 1.15. The van der Waals surface area contributed by atoms with Gasteiger partial charge in [0, 0.05) is 53.8 Å². The normalized spacial score (nSPS) is 17.7. The first-order valence-electron chi connectivity index (χ1n) is 10.8. The van der Waals surface area contributed by atoms with Gasteiger partial charge >= 0.3 is 0 Å². The van der Waals surface area contributed by atoms with Crippen LogP contribution in [-0.2, 0) is 5.60 Å². The van der Waals surface area contributed by atoms with Crippen molar-refractivity contribution in [1.29, 1.82) is 0 Å². The fraction of sp³-hybridized carbons (Fsp3) is 0.320. The van der Waals surface area contributed by atoms with Gasteiger partial charge in [0.05, 0.1) is 17.7 Å². The Labute approximate surface area is 181 Å². The quantitative estimate of drug-likeness (QED) is 0.445. The predicted molar refractivity (Wildman–Crippen MR) is 121 cm³/mol. The zero-order chi connectivity index (χ0) is 21.3. The molecular formula is C25H27N3O3. The van der Waals surface area contributed by atoms with Crippen molar-refractivity contribution >= 4 is 21.8 Å². The molecule has 4 aromatic rings. The van der Waals surface area contributed by atoms with Gasteiger partial charge < -0.3 is 19.9 Å². The number of aromatic amines is 1. The van der Waals surface area contributed by atoms with Gasteiger partial charge in [0.25, 0.3) is 0 Å². The van der Waals surface area contributed by atoms with Crippen LogP contribution in [0.1, 0.15) is 24.8 Å². The van der Waals surface area contributed by atoms with Crippen LogP contribution in [0.25, 0.3) is 21.8 Å². The summed E-state index contributed by atoms with van der Waals surface area (Å²) in [4.78, 5) is 9.68. The third-order valence-corrected chi connectivity index (χ3v) is 6.34. The van der Waals surface area contributed by atoms with Crippen molar-refractivity contribution in [1.82, 2.24) is 14.9 Å². The summed E-state index contributed by atoms with van der Waals surface area (Å²) in [6, 6.07) is 17.9. The van der Waals surface area contributed by atoms with E-state index in [1.807, 2.05) is 65.7 Å². The molecule has 5 rings (SSSR count). The molecule has 0 aliphatic carbocycles. The maximum atomic E-state index is 11.2. The molecule has 1 aliphatic heterocycles. The Hall–Kier alpha value is -2.93. The highest BCUT2D eigenvalue weighted by Gasteiger charge is 2.36. The summed E-state index contributed by atoms with van der Waals surface area (Å²) >= 11 is 0. The third kappa shape index (κ3) is 4.14. The van der Waals surface area contributed by atoms with Gasteiger partial charge in [-0.3, -0.25) is 9.88 Å². The minimum absolute atomic E-state index is 0.437. The molecule has 6 heteroatoms. The Kier molecular flexibility index (Phi) is 5.36. The molecule has 1 atom stereocenters. The number of hydrogen-bond donors (Lipinski definition) is 3. The number of hydrogen-bond acceptors (Lipinski definition) is 5. The molecule has 0 saturated carbocycles. The maximum absolute atomic E-state index is 11.2. The van der Waals surface area contributed by atoms with Crippen LogP contribution < -0.4 is 4.74 Å². The minimum Gasteiger partial charge on any atom is -0.493 e. The summed E-state index contributed by atoms with van der Waals surface area (Å²) in [5.41, 5.74) is 1.95. The predicted octanol–water partition coefficient (Wildman–Crippen LogP) is 3.79. The van der Waals surface area contributed by atoms with Gasteiger partial charge in [-0.1, -0.05) is 18.2 Å². The molecule has 0 unspecified atom stereocenters. The molecule has 0 amide bonds. The van der Waals surface area contributed by atoms with E-state index in [0.717, 1.165) is 33.1 Å². The number of likely N-dealkylation sites (tertiary alicyclic amines) is 1. The van der Waals surface area contributed by atoms with Crippen LogP contribution in [0.2, 0.25) is 0 Å². The summed E-state index contributed by atoms with van der Waals surface area (Å²) in [5, 5.41) is 24.0. The van der Waals surface area contributed by atoms with Crippen LogP contribution in [0.5, 0.6) is 5.75 Å². The number of aromatic nitrogens is 2. The molecule has 3 N–H and O–H groups in total. The lowest BCUT2D eigenvalue weighted by molar-refractivity contribution is -0.0819. The second-order valence-electron chi connectivity index (χ2n) is 8.33. The van der Waals surface area contributed by atoms with E-state index in [2.05, 4.69) is 9.97 Å². The number of nitrogens with zero attached hydrogens (tertiary/aromatic N) is 2. The van der Waals surface area contributed by atoms with Crippen molar-refractivity contribution in [3.05, 3.63) is 72.6 Å². The Morgan fingerprint density at radius 3 is 2.77 bits per heavy atom. The Morgan fingerprint density at radius 2 is 1.90 bits per heavy atom. The molecule has 3 heterocycles. The summed E-state index contributed by atoms with van der Waals surface area (Å²) in [6.45, 7) is 1.69. The van der Waals surface area contributed by atoms with Crippen LogP contribution in [-0.4, -0.2) is 51.0 Å². The molecule has 1 aliphatic rings. The van der Waals surface area contributed by atoms with E-state index in [-0.39, 0.29) is 0 Å². The average Bonchev–Trinajstić information content (AvgIpc) is 3.27. The molecule has 1 saturated heterocycles. The van der Waals surface area contributed by atoms with Gasteiger partial charge in [-0.05, 0) is 49.2 Å². The lowest BCUT2D eigenvalue weighted by Gasteiger charge is -2.40. The second kappa shape index (κ2) is 8.30. The first kappa shape index (κ1) is 20.0. The number of aliphatic hydroxyl groups is 2. The molecule has 0 spiro atoms. The highest BCUT2D eigenvalue weighted by atomic mass is 16.5. The van der Waals surface area contributed by atoms with Crippen LogP contribution in [0.3, 0.4) is 0 Å². The third-order valence-electron chi connectivity index (χ3n) is 6.34. The number of benzene rings is 2. The summed E-state index contributed by atoms with van der Waals surface area (Å²) in [5.74, 6) is 0.802. The van der Waals surface area contributed by atoms with E-state index in [0.29, 0.717) is 39.0 Å². The maximum Gasteiger partial charge on any atom is 0.120 e. The van der Waals surface area contributed by atoms with Crippen molar-refractivity contribution in [2.24, 2.45) is 0 Å². The number of aliphatic hydroxyl groups excluding tert-OH is 1. The Bertz CT molecular complexity index is 1180. The molecule has 2 aromatic heterocycles. The first-order chi connectivity index (χ1) is 15.1. The fourth-order valence-corrected chi connectivity index (χ4v) is 4.39. The van der Waals surface area contributed by atoms with Crippen molar-refractivity contribution in [3.63, 3.8) is 0 Å². The number of piperidine rings is 1. The van der Waals surface area contributed by atoms with Gasteiger partial charge in [0.2, 0.25) is 0 Å². The molecule has 2 aromatic carbocycles. The highest BCUT2D eigenvalue weighted by Crippen LogP contribution is 2.34. The summed E-state index contributed by atoms with van der Waals surface area (Å²) in [7, 11) is 0. The van der Waals surface area contributed by atoms with Crippen LogP contribution in [0.15, 0.2) is 67.0 Å². The van der Waals surface area contributed by atoms with Gasteiger partial charge in [-0.25, -0.2) is 0 Å². The van der Waals surface area contributed by atoms with Crippen LogP contribution >= 0.6 is 0 Å². The summed E-state index contributed by atoms with van der Waals surface area (Å²) in [6.07, 6.45) is 4.74. The number of H-pyrrole nitrogens is 1. The molecule has 0 radical (unpaired) electrons. The lowest BCUT2D eigenvalue weighted by atomic mass is 9.84. The standard InChI is InChI=1S/C25H27N3O3/c29-24(8-14-31-21-5-6-23-19(16-21)7-11-26-23)28-12-9-25(30,10-13-28)20-15-18-3-1-2-4-22(18)27-17-20/h1-7,11,15-17,24,26,29-30H,8-10,12-14H2/t24-/m0/s1. The molecular weight excluding hydrogens is 390 g/mol. The average molecular weight is 418 g/mol. The van der Waals surface area contributed by atoms with E-state index < -0.39 is 11.8 Å². The van der Waals surface area contributed by atoms with Crippen molar-refractivity contribution in [2.45, 2.75) is 31.1 Å². The van der Waals surface area contributed by atoms with E-state index in [4.69, 9.17) is 4.74 Å². The summed E-state index contributed by atoms with van der Waals surface area (Å²) < 4.78 is 5.84. The molecule has 6 nitrogen and oxygen atoms in total. The van der Waals surface area contributed by atoms with E-state index >= 15 is 0 Å².